The SMILES string of the molecule is C=COCCCNC(=O)C(CN)OC. The largest absolute Gasteiger partial charge is 0.502 e. The van der Waals surface area contributed by atoms with Gasteiger partial charge in [0.2, 0.25) is 5.91 Å². The second-order valence-corrected chi connectivity index (χ2v) is 2.64. The first kappa shape index (κ1) is 12.9. The van der Waals surface area contributed by atoms with Gasteiger partial charge in [0.05, 0.1) is 12.9 Å². The number of hydrogen-bond donors (Lipinski definition) is 2. The molecule has 0 aromatic carbocycles. The standard InChI is InChI=1S/C9H18N2O3/c1-3-14-6-4-5-11-9(12)8(7-10)13-2/h3,8H,1,4-7,10H2,2H3,(H,11,12). The normalized spacial score (nSPS) is 11.9. The fourth-order valence-electron chi connectivity index (χ4n) is 0.875. The molecule has 0 aromatic heterocycles. The van der Waals surface area contributed by atoms with E-state index in [1.165, 1.54) is 13.4 Å². The van der Waals surface area contributed by atoms with Crippen LogP contribution in [0.4, 0.5) is 0 Å². The predicted octanol–water partition coefficient (Wildman–Crippen LogP) is -0.373. The van der Waals surface area contributed by atoms with Crippen molar-refractivity contribution in [1.82, 2.24) is 5.32 Å². The molecule has 0 heterocycles. The highest BCUT2D eigenvalue weighted by Gasteiger charge is 2.14. The molecule has 82 valence electrons. The number of hydrogen-bond acceptors (Lipinski definition) is 4. The quantitative estimate of drug-likeness (QED) is 0.416. The van der Waals surface area contributed by atoms with E-state index < -0.39 is 6.10 Å². The highest BCUT2D eigenvalue weighted by molar-refractivity contribution is 5.80. The van der Waals surface area contributed by atoms with Gasteiger partial charge in [-0.1, -0.05) is 6.58 Å². The van der Waals surface area contributed by atoms with Crippen LogP contribution < -0.4 is 11.1 Å². The molecule has 0 radical (unpaired) electrons. The van der Waals surface area contributed by atoms with Crippen molar-refractivity contribution in [3.8, 4) is 0 Å². The molecule has 0 rings (SSSR count). The van der Waals surface area contributed by atoms with Gasteiger partial charge in [-0.25, -0.2) is 0 Å². The van der Waals surface area contributed by atoms with Crippen LogP contribution in [0.25, 0.3) is 0 Å². The Labute approximate surface area is 84.2 Å². The van der Waals surface area contributed by atoms with Gasteiger partial charge in [-0.15, -0.1) is 0 Å². The molecule has 0 spiro atoms. The maximum Gasteiger partial charge on any atom is 0.250 e. The molecule has 14 heavy (non-hydrogen) atoms. The summed E-state index contributed by atoms with van der Waals surface area (Å²) in [4.78, 5) is 11.3. The van der Waals surface area contributed by atoms with Gasteiger partial charge in [0.1, 0.15) is 6.10 Å². The van der Waals surface area contributed by atoms with E-state index in [0.29, 0.717) is 13.2 Å². The van der Waals surface area contributed by atoms with E-state index in [1.807, 2.05) is 0 Å². The first-order valence-electron chi connectivity index (χ1n) is 4.49. The van der Waals surface area contributed by atoms with E-state index in [1.54, 1.807) is 0 Å². The van der Waals surface area contributed by atoms with Gasteiger partial charge in [0.25, 0.3) is 0 Å². The van der Waals surface area contributed by atoms with Crippen LogP contribution in [0.1, 0.15) is 6.42 Å². The van der Waals surface area contributed by atoms with Gasteiger partial charge in [0.15, 0.2) is 0 Å². The van der Waals surface area contributed by atoms with E-state index in [9.17, 15) is 4.79 Å². The molecule has 0 saturated carbocycles. The summed E-state index contributed by atoms with van der Waals surface area (Å²) in [6.45, 7) is 4.68. The van der Waals surface area contributed by atoms with E-state index >= 15 is 0 Å². The topological polar surface area (TPSA) is 73.6 Å². The smallest absolute Gasteiger partial charge is 0.250 e. The third-order valence-electron chi connectivity index (χ3n) is 1.65. The molecule has 5 nitrogen and oxygen atoms in total. The number of rotatable bonds is 8. The lowest BCUT2D eigenvalue weighted by molar-refractivity contribution is -0.130. The second-order valence-electron chi connectivity index (χ2n) is 2.64. The van der Waals surface area contributed by atoms with Gasteiger partial charge in [0, 0.05) is 20.2 Å². The van der Waals surface area contributed by atoms with E-state index in [2.05, 4.69) is 11.9 Å². The van der Waals surface area contributed by atoms with E-state index in [4.69, 9.17) is 15.2 Å². The number of amides is 1. The van der Waals surface area contributed by atoms with Crippen LogP contribution in [0.2, 0.25) is 0 Å². The third-order valence-corrected chi connectivity index (χ3v) is 1.65. The van der Waals surface area contributed by atoms with E-state index in [-0.39, 0.29) is 12.5 Å². The summed E-state index contributed by atoms with van der Waals surface area (Å²) in [5.41, 5.74) is 5.31. The third kappa shape index (κ3) is 5.55. The van der Waals surface area contributed by atoms with Crippen molar-refractivity contribution in [3.05, 3.63) is 12.8 Å². The molecule has 1 amide bonds. The van der Waals surface area contributed by atoms with Crippen molar-refractivity contribution >= 4 is 5.91 Å². The van der Waals surface area contributed by atoms with Gasteiger partial charge in [-0.3, -0.25) is 4.79 Å². The number of nitrogens with two attached hydrogens (primary N) is 1. The number of methoxy groups -OCH3 is 1. The molecule has 0 bridgehead atoms. The van der Waals surface area contributed by atoms with Crippen LogP contribution in [0.15, 0.2) is 12.8 Å². The average Bonchev–Trinajstić information content (AvgIpc) is 2.19. The van der Waals surface area contributed by atoms with Crippen LogP contribution in [-0.2, 0) is 14.3 Å². The molecule has 1 atom stereocenters. The Kier molecular flexibility index (Phi) is 7.87. The zero-order valence-corrected chi connectivity index (χ0v) is 8.49. The molecule has 0 aliphatic rings. The van der Waals surface area contributed by atoms with Crippen LogP contribution >= 0.6 is 0 Å². The maximum atomic E-state index is 11.3. The summed E-state index contributed by atoms with van der Waals surface area (Å²) in [6.07, 6.45) is 1.55. The maximum absolute atomic E-state index is 11.3. The number of ether oxygens (including phenoxy) is 2. The van der Waals surface area contributed by atoms with Crippen molar-refractivity contribution < 1.29 is 14.3 Å². The van der Waals surface area contributed by atoms with Gasteiger partial charge >= 0.3 is 0 Å². The zero-order chi connectivity index (χ0) is 10.8. The van der Waals surface area contributed by atoms with Crippen molar-refractivity contribution in [2.24, 2.45) is 5.73 Å². The minimum atomic E-state index is -0.560. The fraction of sp³-hybridized carbons (Fsp3) is 0.667. The van der Waals surface area contributed by atoms with Crippen LogP contribution in [0.3, 0.4) is 0 Å². The minimum Gasteiger partial charge on any atom is -0.502 e. The number of carbonyl (C=O) groups excluding carboxylic acids is 1. The van der Waals surface area contributed by atoms with Gasteiger partial charge < -0.3 is 20.5 Å². The van der Waals surface area contributed by atoms with Gasteiger partial charge in [-0.05, 0) is 6.42 Å². The lowest BCUT2D eigenvalue weighted by Gasteiger charge is -2.12. The molecule has 5 heteroatoms. The minimum absolute atomic E-state index is 0.186. The highest BCUT2D eigenvalue weighted by Crippen LogP contribution is 1.87. The Hall–Kier alpha value is -1.07. The molecule has 0 aromatic rings. The van der Waals surface area contributed by atoms with Crippen molar-refractivity contribution in [3.63, 3.8) is 0 Å². The Bertz CT molecular complexity index is 169. The molecule has 0 saturated heterocycles. The van der Waals surface area contributed by atoms with Crippen molar-refractivity contribution in [2.45, 2.75) is 12.5 Å². The first-order valence-corrected chi connectivity index (χ1v) is 4.49. The van der Waals surface area contributed by atoms with Crippen molar-refractivity contribution in [1.29, 1.82) is 0 Å². The summed E-state index contributed by atoms with van der Waals surface area (Å²) < 4.78 is 9.74. The van der Waals surface area contributed by atoms with Crippen molar-refractivity contribution in [2.75, 3.05) is 26.8 Å². The lowest BCUT2D eigenvalue weighted by Crippen LogP contribution is -2.41. The Balaban J connectivity index is 3.47. The predicted molar refractivity (Wildman–Crippen MR) is 53.6 cm³/mol. The molecule has 3 N–H and O–H groups in total. The fourth-order valence-corrected chi connectivity index (χ4v) is 0.875. The monoisotopic (exact) mass is 202 g/mol. The van der Waals surface area contributed by atoms with Crippen LogP contribution in [-0.4, -0.2) is 38.8 Å². The summed E-state index contributed by atoms with van der Waals surface area (Å²) in [7, 11) is 1.46. The molecule has 1 unspecified atom stereocenters. The summed E-state index contributed by atoms with van der Waals surface area (Å²) >= 11 is 0. The summed E-state index contributed by atoms with van der Waals surface area (Å²) in [5.74, 6) is -0.186. The summed E-state index contributed by atoms with van der Waals surface area (Å²) in [5, 5.41) is 2.69. The Morgan fingerprint density at radius 2 is 2.43 bits per heavy atom. The number of nitrogens with one attached hydrogen (secondary N) is 1. The summed E-state index contributed by atoms with van der Waals surface area (Å²) in [6, 6.07) is 0. The average molecular weight is 202 g/mol. The number of carbonyl (C=O) groups is 1. The Morgan fingerprint density at radius 1 is 1.71 bits per heavy atom. The van der Waals surface area contributed by atoms with Crippen LogP contribution in [0.5, 0.6) is 0 Å². The molecular weight excluding hydrogens is 184 g/mol. The van der Waals surface area contributed by atoms with E-state index in [0.717, 1.165) is 6.42 Å². The molecule has 0 aliphatic heterocycles. The first-order chi connectivity index (χ1) is 6.76. The van der Waals surface area contributed by atoms with Gasteiger partial charge in [-0.2, -0.15) is 0 Å². The van der Waals surface area contributed by atoms with Crippen LogP contribution in [0, 0.1) is 0 Å². The molecular formula is C9H18N2O3. The molecule has 0 fully saturated rings. The molecule has 0 aliphatic carbocycles. The zero-order valence-electron chi connectivity index (χ0n) is 8.49. The lowest BCUT2D eigenvalue weighted by atomic mass is 10.3. The Morgan fingerprint density at radius 3 is 2.93 bits per heavy atom. The second kappa shape index (κ2) is 8.52. The highest BCUT2D eigenvalue weighted by atomic mass is 16.5.